The zero-order chi connectivity index (χ0) is 29.1. The number of carbonyl (C=O) groups is 4. The number of piperidine rings is 2. The van der Waals surface area contributed by atoms with E-state index in [-0.39, 0.29) is 60.1 Å². The number of esters is 2. The molecule has 0 aromatic heterocycles. The zero-order valence-corrected chi connectivity index (χ0v) is 25.5. The Morgan fingerprint density at radius 3 is 1.27 bits per heavy atom. The molecule has 0 N–H and O–H groups in total. The highest BCUT2D eigenvalue weighted by molar-refractivity contribution is 5.75. The van der Waals surface area contributed by atoms with Crippen molar-refractivity contribution < 1.29 is 28.7 Å². The molecule has 6 aliphatic rings. The molecule has 6 atom stereocenters. The lowest BCUT2D eigenvalue weighted by atomic mass is 9.90. The summed E-state index contributed by atoms with van der Waals surface area (Å²) in [5, 5.41) is 0. The third-order valence-corrected chi connectivity index (χ3v) is 9.44. The predicted octanol–water partition coefficient (Wildman–Crippen LogP) is 6.08. The van der Waals surface area contributed by atoms with E-state index < -0.39 is 0 Å². The van der Waals surface area contributed by atoms with Crippen LogP contribution >= 0.6 is 0 Å². The van der Waals surface area contributed by atoms with E-state index in [0.717, 1.165) is 103 Å². The summed E-state index contributed by atoms with van der Waals surface area (Å²) in [5.74, 6) is -0.189. The fraction of sp³-hybridized carbons (Fsp3) is 0.875. The van der Waals surface area contributed by atoms with E-state index in [0.29, 0.717) is 12.8 Å². The molecule has 0 aromatic rings. The van der Waals surface area contributed by atoms with Crippen LogP contribution in [0.15, 0.2) is 0 Å². The first kappa shape index (κ1) is 32.4. The van der Waals surface area contributed by atoms with Crippen molar-refractivity contribution in [3.05, 3.63) is 0 Å². The van der Waals surface area contributed by atoms with Crippen molar-refractivity contribution in [1.82, 2.24) is 9.80 Å². The zero-order valence-electron chi connectivity index (χ0n) is 25.5. The van der Waals surface area contributed by atoms with Crippen molar-refractivity contribution in [2.75, 3.05) is 0 Å². The molecule has 6 fully saturated rings. The Hall–Kier alpha value is -2.12. The number of nitrogens with zero attached hydrogens (tertiary/aromatic N) is 2. The van der Waals surface area contributed by atoms with E-state index in [1.807, 2.05) is 23.6 Å². The Bertz CT molecular complexity index is 779. The molecule has 8 nitrogen and oxygen atoms in total. The van der Waals surface area contributed by atoms with Gasteiger partial charge in [0.05, 0.1) is 12.1 Å². The standard InChI is InChI=1S/C32H54N2O6/c1-23-29-21-19-27(33(23)25(3)35)15-11-7-5-10-14-18-32(38)40-30-22-20-28(34(24(30)2)26(4)36)16-12-8-6-9-13-17-31(37)39-29/h23-24,27-30H,5-22H2,1-4H3/t23-,24-,27+,28+,29-,30-/m0/s1. The molecule has 6 rings (SSSR count). The van der Waals surface area contributed by atoms with Gasteiger partial charge in [0.2, 0.25) is 11.8 Å². The van der Waals surface area contributed by atoms with E-state index in [1.165, 1.54) is 0 Å². The van der Waals surface area contributed by atoms with Gasteiger partial charge in [0.25, 0.3) is 0 Å². The van der Waals surface area contributed by atoms with Crippen molar-refractivity contribution in [3.63, 3.8) is 0 Å². The Morgan fingerprint density at radius 1 is 0.550 bits per heavy atom. The van der Waals surface area contributed by atoms with Gasteiger partial charge in [-0.25, -0.2) is 0 Å². The van der Waals surface area contributed by atoms with Gasteiger partial charge in [-0.2, -0.15) is 0 Å². The second kappa shape index (κ2) is 16.4. The number of amides is 2. The van der Waals surface area contributed by atoms with Crippen molar-refractivity contribution in [2.45, 2.75) is 180 Å². The van der Waals surface area contributed by atoms with Crippen molar-refractivity contribution in [1.29, 1.82) is 0 Å². The van der Waals surface area contributed by atoms with Crippen molar-refractivity contribution in [2.24, 2.45) is 0 Å². The van der Waals surface area contributed by atoms with Gasteiger partial charge >= 0.3 is 11.9 Å². The minimum Gasteiger partial charge on any atom is -0.460 e. The quantitative estimate of drug-likeness (QED) is 0.332. The lowest BCUT2D eigenvalue weighted by Crippen LogP contribution is -2.55. The molecule has 6 heterocycles. The number of carbonyl (C=O) groups excluding carboxylic acids is 4. The normalized spacial score (nSPS) is 32.8. The van der Waals surface area contributed by atoms with Crippen LogP contribution in [-0.2, 0) is 28.7 Å². The maximum Gasteiger partial charge on any atom is 0.306 e. The minimum atomic E-state index is -0.229. The molecular formula is C32H54N2O6. The summed E-state index contributed by atoms with van der Waals surface area (Å²) in [5.41, 5.74) is 0. The van der Waals surface area contributed by atoms with E-state index >= 15 is 0 Å². The SMILES string of the molecule is CC(=O)N1[C@@H]2CCCCCCCC(=O)O[C@H]3CC[C@@H](CCCCCCCC(=O)O[C@@H](CC2)[C@@H]1C)N(C(C)=O)[C@H]3C. The van der Waals surface area contributed by atoms with Gasteiger partial charge < -0.3 is 19.3 Å². The van der Waals surface area contributed by atoms with Crippen LogP contribution in [0.3, 0.4) is 0 Å². The molecular weight excluding hydrogens is 508 g/mol. The molecule has 228 valence electrons. The summed E-state index contributed by atoms with van der Waals surface area (Å²) in [7, 11) is 0. The summed E-state index contributed by atoms with van der Waals surface area (Å²) in [6, 6.07) is 0.194. The largest absolute Gasteiger partial charge is 0.460 e. The lowest BCUT2D eigenvalue weighted by Gasteiger charge is -2.44. The van der Waals surface area contributed by atoms with Gasteiger partial charge in [0.15, 0.2) is 0 Å². The Balaban J connectivity index is 1.57. The first-order valence-electron chi connectivity index (χ1n) is 16.2. The molecule has 0 aliphatic carbocycles. The molecule has 8 heteroatoms. The van der Waals surface area contributed by atoms with Crippen molar-refractivity contribution >= 4 is 23.8 Å². The topological polar surface area (TPSA) is 93.2 Å². The highest BCUT2D eigenvalue weighted by Crippen LogP contribution is 2.31. The first-order valence-corrected chi connectivity index (χ1v) is 16.2. The maximum atomic E-state index is 12.6. The number of rotatable bonds is 0. The maximum absolute atomic E-state index is 12.6. The van der Waals surface area contributed by atoms with Crippen LogP contribution in [0.2, 0.25) is 0 Å². The molecule has 0 spiro atoms. The summed E-state index contributed by atoms with van der Waals surface area (Å²) < 4.78 is 11.7. The number of hydrogen-bond donors (Lipinski definition) is 0. The van der Waals surface area contributed by atoms with Crippen LogP contribution in [0, 0.1) is 0 Å². The Kier molecular flexibility index (Phi) is 13.2. The Morgan fingerprint density at radius 2 is 0.900 bits per heavy atom. The lowest BCUT2D eigenvalue weighted by molar-refractivity contribution is -0.161. The van der Waals surface area contributed by atoms with E-state index in [4.69, 9.17) is 9.47 Å². The molecule has 0 unspecified atom stereocenters. The smallest absolute Gasteiger partial charge is 0.306 e. The van der Waals surface area contributed by atoms with Gasteiger partial charge in [-0.15, -0.1) is 0 Å². The molecule has 40 heavy (non-hydrogen) atoms. The van der Waals surface area contributed by atoms with Crippen LogP contribution in [0.1, 0.15) is 143 Å². The summed E-state index contributed by atoms with van der Waals surface area (Å²) in [4.78, 5) is 54.1. The first-order chi connectivity index (χ1) is 19.2. The van der Waals surface area contributed by atoms with E-state index in [1.54, 1.807) is 13.8 Å². The third-order valence-electron chi connectivity index (χ3n) is 9.44. The van der Waals surface area contributed by atoms with Gasteiger partial charge in [-0.1, -0.05) is 51.4 Å². The van der Waals surface area contributed by atoms with Gasteiger partial charge in [-0.3, -0.25) is 19.2 Å². The van der Waals surface area contributed by atoms with Crippen LogP contribution < -0.4 is 0 Å². The summed E-state index contributed by atoms with van der Waals surface area (Å²) >= 11 is 0. The van der Waals surface area contributed by atoms with Crippen LogP contribution in [0.25, 0.3) is 0 Å². The summed E-state index contributed by atoms with van der Waals surface area (Å²) in [6.45, 7) is 7.27. The van der Waals surface area contributed by atoms with Crippen LogP contribution in [0.5, 0.6) is 0 Å². The number of hydrogen-bond acceptors (Lipinski definition) is 6. The molecule has 6 saturated heterocycles. The fourth-order valence-electron chi connectivity index (χ4n) is 7.28. The fourth-order valence-corrected chi connectivity index (χ4v) is 7.28. The third kappa shape index (κ3) is 9.47. The second-order valence-corrected chi connectivity index (χ2v) is 12.5. The molecule has 4 bridgehead atoms. The number of ether oxygens (including phenoxy) is 2. The van der Waals surface area contributed by atoms with E-state index in [2.05, 4.69) is 0 Å². The highest BCUT2D eigenvalue weighted by Gasteiger charge is 2.39. The van der Waals surface area contributed by atoms with Crippen LogP contribution in [0.4, 0.5) is 0 Å². The average Bonchev–Trinajstić information content (AvgIpc) is 2.89. The monoisotopic (exact) mass is 562 g/mol. The highest BCUT2D eigenvalue weighted by atomic mass is 16.5. The van der Waals surface area contributed by atoms with Crippen molar-refractivity contribution in [3.8, 4) is 0 Å². The molecule has 0 aromatic carbocycles. The molecule has 2 amide bonds. The van der Waals surface area contributed by atoms with Crippen LogP contribution in [-0.4, -0.2) is 69.9 Å². The second-order valence-electron chi connectivity index (χ2n) is 12.5. The predicted molar refractivity (Wildman–Crippen MR) is 154 cm³/mol. The minimum absolute atomic E-state index is 0.0550. The summed E-state index contributed by atoms with van der Waals surface area (Å²) in [6.07, 6.45) is 15.6. The van der Waals surface area contributed by atoms with E-state index in [9.17, 15) is 19.2 Å². The molecule has 0 radical (unpaired) electrons. The average molecular weight is 563 g/mol. The van der Waals surface area contributed by atoms with Gasteiger partial charge in [0, 0.05) is 38.8 Å². The molecule has 0 saturated carbocycles. The van der Waals surface area contributed by atoms with Gasteiger partial charge in [0.1, 0.15) is 12.2 Å². The molecule has 6 aliphatic heterocycles. The van der Waals surface area contributed by atoms with Gasteiger partial charge in [-0.05, 0) is 65.2 Å². The Labute approximate surface area is 241 Å².